The van der Waals surface area contributed by atoms with Crippen LogP contribution < -0.4 is 10.2 Å². The van der Waals surface area contributed by atoms with Crippen LogP contribution in [0.5, 0.6) is 5.75 Å². The summed E-state index contributed by atoms with van der Waals surface area (Å²) >= 11 is 0. The molecule has 0 aliphatic carbocycles. The number of carbonyl (C=O) groups is 1. The highest BCUT2D eigenvalue weighted by atomic mass is 32.2. The lowest BCUT2D eigenvalue weighted by Gasteiger charge is -2.28. The molecule has 0 radical (unpaired) electrons. The second-order valence-corrected chi connectivity index (χ2v) is 9.32. The summed E-state index contributed by atoms with van der Waals surface area (Å²) < 4.78 is 47.3. The molecular formula is C23H21FN2O5S. The van der Waals surface area contributed by atoms with Crippen molar-refractivity contribution in [1.29, 1.82) is 0 Å². The number of hydrogen-bond acceptors (Lipinski definition) is 5. The average molecular weight is 456 g/mol. The lowest BCUT2D eigenvalue weighted by atomic mass is 9.97. The number of nitrogens with zero attached hydrogens (tertiary/aromatic N) is 1. The first-order chi connectivity index (χ1) is 15.3. The summed E-state index contributed by atoms with van der Waals surface area (Å²) in [6.45, 7) is 0.0178. The molecule has 1 amide bonds. The quantitative estimate of drug-likeness (QED) is 0.453. The number of rotatable bonds is 5. The van der Waals surface area contributed by atoms with Gasteiger partial charge in [-0.1, -0.05) is 24.3 Å². The van der Waals surface area contributed by atoms with Crippen LogP contribution in [-0.4, -0.2) is 37.5 Å². The maximum atomic E-state index is 14.6. The predicted molar refractivity (Wildman–Crippen MR) is 115 cm³/mol. The van der Waals surface area contributed by atoms with Gasteiger partial charge in [0.1, 0.15) is 11.6 Å². The van der Waals surface area contributed by atoms with Crippen LogP contribution in [0.1, 0.15) is 21.5 Å². The first-order valence-electron chi connectivity index (χ1n) is 9.84. The second kappa shape index (κ2) is 8.70. The minimum absolute atomic E-state index is 0.0193. The Kier molecular flexibility index (Phi) is 5.96. The Balaban J connectivity index is 1.57. The van der Waals surface area contributed by atoms with Gasteiger partial charge in [0, 0.05) is 24.2 Å². The van der Waals surface area contributed by atoms with Crippen LogP contribution in [-0.2, 0) is 23.0 Å². The van der Waals surface area contributed by atoms with Gasteiger partial charge in [-0.15, -0.1) is 0 Å². The van der Waals surface area contributed by atoms with Crippen LogP contribution in [0.25, 0.3) is 11.1 Å². The fraction of sp³-hybridized carbons (Fsp3) is 0.174. The first kappa shape index (κ1) is 21.9. The van der Waals surface area contributed by atoms with Gasteiger partial charge in [-0.3, -0.25) is 10.0 Å². The maximum absolute atomic E-state index is 14.6. The number of halogens is 1. The van der Waals surface area contributed by atoms with Gasteiger partial charge < -0.3 is 4.74 Å². The average Bonchev–Trinajstić information content (AvgIpc) is 2.83. The van der Waals surface area contributed by atoms with Crippen LogP contribution in [0.2, 0.25) is 0 Å². The number of nitrogens with one attached hydrogen (secondary N) is 1. The molecule has 9 heteroatoms. The molecule has 1 aliphatic heterocycles. The zero-order valence-electron chi connectivity index (χ0n) is 17.2. The summed E-state index contributed by atoms with van der Waals surface area (Å²) in [6, 6.07) is 16.4. The molecule has 0 unspecified atom stereocenters. The monoisotopic (exact) mass is 456 g/mol. The molecule has 0 spiro atoms. The highest BCUT2D eigenvalue weighted by Crippen LogP contribution is 2.29. The Labute approximate surface area is 185 Å². The summed E-state index contributed by atoms with van der Waals surface area (Å²) in [7, 11) is -2.25. The highest BCUT2D eigenvalue weighted by molar-refractivity contribution is 7.89. The number of methoxy groups -OCH3 is 1. The van der Waals surface area contributed by atoms with Gasteiger partial charge in [-0.25, -0.2) is 18.3 Å². The zero-order valence-corrected chi connectivity index (χ0v) is 18.0. The summed E-state index contributed by atoms with van der Waals surface area (Å²) in [5.74, 6) is -0.774. The van der Waals surface area contributed by atoms with Crippen molar-refractivity contribution in [2.45, 2.75) is 17.9 Å². The summed E-state index contributed by atoms with van der Waals surface area (Å²) in [4.78, 5) is 11.7. The molecule has 166 valence electrons. The molecule has 0 fully saturated rings. The molecule has 0 aromatic heterocycles. The number of amides is 1. The van der Waals surface area contributed by atoms with Crippen molar-refractivity contribution in [3.8, 4) is 16.9 Å². The summed E-state index contributed by atoms with van der Waals surface area (Å²) in [5, 5.41) is 8.76. The first-order valence-corrected chi connectivity index (χ1v) is 11.3. The largest absolute Gasteiger partial charge is 0.497 e. The van der Waals surface area contributed by atoms with Gasteiger partial charge in [-0.05, 0) is 59.5 Å². The highest BCUT2D eigenvalue weighted by Gasteiger charge is 2.30. The van der Waals surface area contributed by atoms with E-state index in [0.29, 0.717) is 5.56 Å². The van der Waals surface area contributed by atoms with Gasteiger partial charge in [0.2, 0.25) is 10.0 Å². The third-order valence-electron chi connectivity index (χ3n) is 5.53. The van der Waals surface area contributed by atoms with Gasteiger partial charge in [-0.2, -0.15) is 4.31 Å². The SMILES string of the molecule is COc1ccc(-c2ccc(S(=O)(=O)N3CCc4cc(C(=O)NO)cc(F)c4C3)cc2)cc1. The molecule has 1 heterocycles. The number of hydroxylamine groups is 1. The van der Waals surface area contributed by atoms with E-state index in [1.54, 1.807) is 19.2 Å². The zero-order chi connectivity index (χ0) is 22.9. The third-order valence-corrected chi connectivity index (χ3v) is 7.39. The number of benzene rings is 3. The Hall–Kier alpha value is -3.27. The van der Waals surface area contributed by atoms with Gasteiger partial charge in [0.25, 0.3) is 5.91 Å². The van der Waals surface area contributed by atoms with Crippen LogP contribution >= 0.6 is 0 Å². The van der Waals surface area contributed by atoms with Crippen molar-refractivity contribution in [2.75, 3.05) is 13.7 Å². The van der Waals surface area contributed by atoms with E-state index in [2.05, 4.69) is 0 Å². The Bertz CT molecular complexity index is 1260. The van der Waals surface area contributed by atoms with Crippen LogP contribution in [0, 0.1) is 5.82 Å². The molecule has 0 saturated heterocycles. The van der Waals surface area contributed by atoms with Crippen LogP contribution in [0.4, 0.5) is 4.39 Å². The number of carbonyl (C=O) groups excluding carboxylic acids is 1. The maximum Gasteiger partial charge on any atom is 0.274 e. The van der Waals surface area contributed by atoms with E-state index in [9.17, 15) is 17.6 Å². The smallest absolute Gasteiger partial charge is 0.274 e. The van der Waals surface area contributed by atoms with Crippen LogP contribution in [0.15, 0.2) is 65.6 Å². The fourth-order valence-corrected chi connectivity index (χ4v) is 5.16. The molecule has 0 bridgehead atoms. The Morgan fingerprint density at radius 2 is 1.69 bits per heavy atom. The van der Waals surface area contributed by atoms with Crippen LogP contribution in [0.3, 0.4) is 0 Å². The van der Waals surface area contributed by atoms with E-state index in [0.717, 1.165) is 22.9 Å². The number of fused-ring (bicyclic) bond motifs is 1. The minimum atomic E-state index is -3.83. The van der Waals surface area contributed by atoms with Crippen molar-refractivity contribution in [3.63, 3.8) is 0 Å². The van der Waals surface area contributed by atoms with E-state index in [-0.39, 0.29) is 35.5 Å². The van der Waals surface area contributed by atoms with Crippen molar-refractivity contribution >= 4 is 15.9 Å². The second-order valence-electron chi connectivity index (χ2n) is 7.38. The van der Waals surface area contributed by atoms with E-state index in [1.807, 2.05) is 24.3 Å². The van der Waals surface area contributed by atoms with E-state index >= 15 is 0 Å². The van der Waals surface area contributed by atoms with Crippen molar-refractivity contribution in [3.05, 3.63) is 83.2 Å². The molecule has 3 aromatic carbocycles. The lowest BCUT2D eigenvalue weighted by Crippen LogP contribution is -2.36. The number of hydrogen-bond donors (Lipinski definition) is 2. The number of sulfonamides is 1. The molecule has 4 rings (SSSR count). The molecule has 1 aliphatic rings. The molecule has 7 nitrogen and oxygen atoms in total. The molecular weight excluding hydrogens is 435 g/mol. The predicted octanol–water partition coefficient (Wildman–Crippen LogP) is 3.37. The summed E-state index contributed by atoms with van der Waals surface area (Å²) in [5.41, 5.74) is 4.01. The molecule has 0 atom stereocenters. The molecule has 2 N–H and O–H groups in total. The summed E-state index contributed by atoms with van der Waals surface area (Å²) in [6.07, 6.45) is 0.252. The Morgan fingerprint density at radius 1 is 1.06 bits per heavy atom. The lowest BCUT2D eigenvalue weighted by molar-refractivity contribution is 0.0705. The van der Waals surface area contributed by atoms with Gasteiger partial charge in [0.05, 0.1) is 12.0 Å². The van der Waals surface area contributed by atoms with Gasteiger partial charge >= 0.3 is 0 Å². The minimum Gasteiger partial charge on any atom is -0.497 e. The molecule has 32 heavy (non-hydrogen) atoms. The normalized spacial score (nSPS) is 14.0. The fourth-order valence-electron chi connectivity index (χ4n) is 3.75. The Morgan fingerprint density at radius 3 is 2.28 bits per heavy atom. The standard InChI is InChI=1S/C23H21FN2O5S/c1-31-19-6-2-15(3-7-19)16-4-8-20(9-5-16)32(29,30)26-11-10-17-12-18(23(27)25-28)13-22(24)21(17)14-26/h2-9,12-13,28H,10-11,14H2,1H3,(H,25,27). The molecule has 0 saturated carbocycles. The molecule has 3 aromatic rings. The van der Waals surface area contributed by atoms with Gasteiger partial charge in [0.15, 0.2) is 0 Å². The van der Waals surface area contributed by atoms with Crippen molar-refractivity contribution < 1.29 is 27.5 Å². The van der Waals surface area contributed by atoms with E-state index in [4.69, 9.17) is 9.94 Å². The number of ether oxygens (including phenoxy) is 1. The topological polar surface area (TPSA) is 95.9 Å². The van der Waals surface area contributed by atoms with Crippen molar-refractivity contribution in [1.82, 2.24) is 9.79 Å². The van der Waals surface area contributed by atoms with E-state index in [1.165, 1.54) is 28.0 Å². The van der Waals surface area contributed by atoms with E-state index < -0.39 is 21.7 Å². The third kappa shape index (κ3) is 4.10. The van der Waals surface area contributed by atoms with Crippen molar-refractivity contribution in [2.24, 2.45) is 0 Å².